The summed E-state index contributed by atoms with van der Waals surface area (Å²) in [7, 11) is 0. The maximum absolute atomic E-state index is 11.2. The molecule has 4 saturated carbocycles. The highest BCUT2D eigenvalue weighted by atomic mass is 16.3. The van der Waals surface area contributed by atoms with Crippen molar-refractivity contribution in [3.8, 4) is 0 Å². The van der Waals surface area contributed by atoms with Gasteiger partial charge in [-0.1, -0.05) is 0 Å². The number of carbonyl (C=O) groups excluding carboxylic acids is 1. The molecule has 0 radical (unpaired) electrons. The van der Waals surface area contributed by atoms with Gasteiger partial charge < -0.3 is 10.4 Å². The quantitative estimate of drug-likeness (QED) is 0.678. The minimum atomic E-state index is -0.0940. The molecule has 15 heavy (non-hydrogen) atoms. The van der Waals surface area contributed by atoms with Crippen LogP contribution in [-0.4, -0.2) is 22.7 Å². The van der Waals surface area contributed by atoms with E-state index < -0.39 is 0 Å². The second-order valence-corrected chi connectivity index (χ2v) is 5.92. The molecule has 1 amide bonds. The number of aliphatic hydroxyl groups excluding tert-OH is 1. The number of rotatable bonds is 1. The Morgan fingerprint density at radius 2 is 1.87 bits per heavy atom. The first kappa shape index (κ1) is 9.64. The van der Waals surface area contributed by atoms with Gasteiger partial charge in [0.05, 0.1) is 6.10 Å². The largest absolute Gasteiger partial charge is 0.393 e. The summed E-state index contributed by atoms with van der Waals surface area (Å²) in [6.07, 6.45) is 5.41. The lowest BCUT2D eigenvalue weighted by Crippen LogP contribution is -2.63. The Balaban J connectivity index is 1.85. The van der Waals surface area contributed by atoms with Gasteiger partial charge in [-0.2, -0.15) is 0 Å². The van der Waals surface area contributed by atoms with Crippen LogP contribution in [-0.2, 0) is 4.79 Å². The summed E-state index contributed by atoms with van der Waals surface area (Å²) in [5, 5.41) is 13.2. The zero-order valence-electron chi connectivity index (χ0n) is 9.20. The Labute approximate surface area is 90.2 Å². The van der Waals surface area contributed by atoms with Gasteiger partial charge in [0.25, 0.3) is 0 Å². The molecule has 4 rings (SSSR count). The van der Waals surface area contributed by atoms with Gasteiger partial charge >= 0.3 is 0 Å². The predicted molar refractivity (Wildman–Crippen MR) is 56.1 cm³/mol. The fourth-order valence-corrected chi connectivity index (χ4v) is 4.52. The third-order valence-electron chi connectivity index (χ3n) is 4.66. The molecule has 0 aliphatic heterocycles. The number of hydrogen-bond acceptors (Lipinski definition) is 2. The van der Waals surface area contributed by atoms with Crippen molar-refractivity contribution in [3.05, 3.63) is 0 Å². The Bertz CT molecular complexity index is 286. The van der Waals surface area contributed by atoms with Crippen LogP contribution in [0, 0.1) is 17.8 Å². The van der Waals surface area contributed by atoms with Crippen LogP contribution in [0.25, 0.3) is 0 Å². The average Bonchev–Trinajstić information content (AvgIpc) is 2.10. The molecule has 4 aliphatic carbocycles. The SMILES string of the molecule is CC(=O)NC12CC3C[C@H](C1)C(O)[C@@H](C3)C2. The van der Waals surface area contributed by atoms with Crippen molar-refractivity contribution in [1.29, 1.82) is 0 Å². The highest BCUT2D eigenvalue weighted by Gasteiger charge is 2.55. The first-order chi connectivity index (χ1) is 7.08. The number of amides is 1. The maximum Gasteiger partial charge on any atom is 0.217 e. The summed E-state index contributed by atoms with van der Waals surface area (Å²) in [6, 6.07) is 0. The predicted octanol–water partition coefficient (Wildman–Crippen LogP) is 1.06. The summed E-state index contributed by atoms with van der Waals surface area (Å²) in [5.74, 6) is 1.73. The normalized spacial score (nSPS) is 51.9. The third-order valence-corrected chi connectivity index (χ3v) is 4.66. The first-order valence-corrected chi connectivity index (χ1v) is 6.05. The topological polar surface area (TPSA) is 49.3 Å². The summed E-state index contributed by atoms with van der Waals surface area (Å²) in [4.78, 5) is 11.2. The smallest absolute Gasteiger partial charge is 0.217 e. The zero-order chi connectivity index (χ0) is 10.6. The highest BCUT2D eigenvalue weighted by Crippen LogP contribution is 2.55. The summed E-state index contributed by atoms with van der Waals surface area (Å²) in [6.45, 7) is 1.61. The monoisotopic (exact) mass is 209 g/mol. The Morgan fingerprint density at radius 1 is 1.27 bits per heavy atom. The molecule has 4 aliphatic rings. The molecule has 4 fully saturated rings. The molecule has 3 heteroatoms. The van der Waals surface area contributed by atoms with Gasteiger partial charge in [0.1, 0.15) is 0 Å². The fraction of sp³-hybridized carbons (Fsp3) is 0.917. The zero-order valence-corrected chi connectivity index (χ0v) is 9.20. The lowest BCUT2D eigenvalue weighted by molar-refractivity contribution is -0.134. The van der Waals surface area contributed by atoms with Crippen LogP contribution >= 0.6 is 0 Å². The van der Waals surface area contributed by atoms with Crippen molar-refractivity contribution in [2.24, 2.45) is 17.8 Å². The molecule has 0 spiro atoms. The average molecular weight is 209 g/mol. The number of nitrogens with one attached hydrogen (secondary N) is 1. The van der Waals surface area contributed by atoms with Crippen LogP contribution in [0.3, 0.4) is 0 Å². The van der Waals surface area contributed by atoms with Crippen molar-refractivity contribution in [2.45, 2.75) is 50.7 Å². The molecule has 0 aromatic carbocycles. The summed E-state index contributed by atoms with van der Waals surface area (Å²) >= 11 is 0. The molecular weight excluding hydrogens is 190 g/mol. The van der Waals surface area contributed by atoms with E-state index in [9.17, 15) is 9.90 Å². The molecule has 84 valence electrons. The van der Waals surface area contributed by atoms with Crippen molar-refractivity contribution in [2.75, 3.05) is 0 Å². The Morgan fingerprint density at radius 3 is 2.40 bits per heavy atom. The second-order valence-electron chi connectivity index (χ2n) is 5.92. The molecule has 2 N–H and O–H groups in total. The molecule has 0 heterocycles. The number of carbonyl (C=O) groups is 1. The van der Waals surface area contributed by atoms with Gasteiger partial charge in [0, 0.05) is 12.5 Å². The van der Waals surface area contributed by atoms with E-state index in [2.05, 4.69) is 5.32 Å². The minimum absolute atomic E-state index is 0.0432. The minimum Gasteiger partial charge on any atom is -0.393 e. The molecule has 0 aromatic heterocycles. The second kappa shape index (κ2) is 2.97. The fourth-order valence-electron chi connectivity index (χ4n) is 4.52. The van der Waals surface area contributed by atoms with E-state index in [4.69, 9.17) is 0 Å². The van der Waals surface area contributed by atoms with Crippen LogP contribution in [0.4, 0.5) is 0 Å². The van der Waals surface area contributed by atoms with Crippen molar-refractivity contribution >= 4 is 5.91 Å². The van der Waals surface area contributed by atoms with Gasteiger partial charge in [-0.05, 0) is 49.9 Å². The molecule has 0 aromatic rings. The van der Waals surface area contributed by atoms with E-state index in [1.165, 1.54) is 12.8 Å². The van der Waals surface area contributed by atoms with E-state index in [1.807, 2.05) is 0 Å². The Hall–Kier alpha value is -0.570. The molecule has 4 bridgehead atoms. The van der Waals surface area contributed by atoms with Crippen LogP contribution in [0.15, 0.2) is 0 Å². The molecular formula is C12H19NO2. The molecule has 5 atom stereocenters. The van der Waals surface area contributed by atoms with E-state index in [1.54, 1.807) is 6.92 Å². The van der Waals surface area contributed by atoms with Crippen molar-refractivity contribution in [3.63, 3.8) is 0 Å². The van der Waals surface area contributed by atoms with Crippen LogP contribution in [0.5, 0.6) is 0 Å². The van der Waals surface area contributed by atoms with E-state index >= 15 is 0 Å². The third kappa shape index (κ3) is 1.40. The van der Waals surface area contributed by atoms with Gasteiger partial charge in [-0.15, -0.1) is 0 Å². The Kier molecular flexibility index (Phi) is 1.91. The van der Waals surface area contributed by atoms with Gasteiger partial charge in [-0.25, -0.2) is 0 Å². The lowest BCUT2D eigenvalue weighted by Gasteiger charge is -2.58. The summed E-state index contributed by atoms with van der Waals surface area (Å²) in [5.41, 5.74) is 0.0432. The maximum atomic E-state index is 11.2. The molecule has 0 saturated heterocycles. The van der Waals surface area contributed by atoms with E-state index in [0.29, 0.717) is 11.8 Å². The summed E-state index contributed by atoms with van der Waals surface area (Å²) < 4.78 is 0. The van der Waals surface area contributed by atoms with Crippen LogP contribution in [0.2, 0.25) is 0 Å². The van der Waals surface area contributed by atoms with Gasteiger partial charge in [0.2, 0.25) is 5.91 Å². The van der Waals surface area contributed by atoms with E-state index in [0.717, 1.165) is 25.2 Å². The van der Waals surface area contributed by atoms with Gasteiger partial charge in [-0.3, -0.25) is 4.79 Å². The molecule has 3 nitrogen and oxygen atoms in total. The van der Waals surface area contributed by atoms with Crippen LogP contribution in [0.1, 0.15) is 39.0 Å². The number of aliphatic hydroxyl groups is 1. The van der Waals surface area contributed by atoms with Crippen molar-refractivity contribution in [1.82, 2.24) is 5.32 Å². The van der Waals surface area contributed by atoms with Gasteiger partial charge in [0.15, 0.2) is 0 Å². The first-order valence-electron chi connectivity index (χ1n) is 6.05. The molecule has 3 unspecified atom stereocenters. The van der Waals surface area contributed by atoms with Crippen LogP contribution < -0.4 is 5.32 Å². The standard InChI is InChI=1S/C12H19NO2/c1-7(14)13-12-4-8-2-9(5-12)11(15)10(3-8)6-12/h8-11,15H,2-6H2,1H3,(H,13,14)/t8?,9-,10+,11?,12?. The van der Waals surface area contributed by atoms with Crippen molar-refractivity contribution < 1.29 is 9.90 Å². The number of hydrogen-bond donors (Lipinski definition) is 2. The lowest BCUT2D eigenvalue weighted by atomic mass is 9.52. The highest BCUT2D eigenvalue weighted by molar-refractivity contribution is 5.74. The van der Waals surface area contributed by atoms with E-state index in [-0.39, 0.29) is 17.6 Å².